The zero-order valence-electron chi connectivity index (χ0n) is 12.9. The summed E-state index contributed by atoms with van der Waals surface area (Å²) in [6.07, 6.45) is 1.00. The SMILES string of the molecule is CCc1ccc(NC(=O)CN(CCC(=O)O)C(C)C)cc1. The summed E-state index contributed by atoms with van der Waals surface area (Å²) in [5.74, 6) is -0.977. The molecule has 5 nitrogen and oxygen atoms in total. The van der Waals surface area contributed by atoms with Crippen LogP contribution in [0, 0.1) is 0 Å². The number of benzene rings is 1. The minimum atomic E-state index is -0.851. The number of carbonyl (C=O) groups is 2. The molecule has 0 fully saturated rings. The predicted molar refractivity (Wildman–Crippen MR) is 83.4 cm³/mol. The van der Waals surface area contributed by atoms with Gasteiger partial charge < -0.3 is 10.4 Å². The number of aliphatic carboxylic acids is 1. The van der Waals surface area contributed by atoms with Crippen LogP contribution in [0.4, 0.5) is 5.69 Å². The van der Waals surface area contributed by atoms with Gasteiger partial charge in [-0.3, -0.25) is 14.5 Å². The lowest BCUT2D eigenvalue weighted by molar-refractivity contribution is -0.137. The molecule has 2 N–H and O–H groups in total. The molecule has 0 atom stereocenters. The van der Waals surface area contributed by atoms with Crippen LogP contribution < -0.4 is 5.32 Å². The molecule has 0 saturated carbocycles. The summed E-state index contributed by atoms with van der Waals surface area (Å²) in [6.45, 7) is 6.54. The fraction of sp³-hybridized carbons (Fsp3) is 0.500. The standard InChI is InChI=1S/C16H24N2O3/c1-4-13-5-7-14(8-6-13)17-15(19)11-18(12(2)3)10-9-16(20)21/h5-8,12H,4,9-11H2,1-3H3,(H,17,19)(H,20,21). The lowest BCUT2D eigenvalue weighted by Gasteiger charge is -2.25. The molecule has 21 heavy (non-hydrogen) atoms. The van der Waals surface area contributed by atoms with Crippen molar-refractivity contribution in [3.05, 3.63) is 29.8 Å². The maximum absolute atomic E-state index is 12.0. The second kappa shape index (κ2) is 8.42. The van der Waals surface area contributed by atoms with Gasteiger partial charge in [0, 0.05) is 18.3 Å². The number of aryl methyl sites for hydroxylation is 1. The van der Waals surface area contributed by atoms with Gasteiger partial charge in [0.2, 0.25) is 5.91 Å². The Morgan fingerprint density at radius 1 is 1.24 bits per heavy atom. The molecule has 0 heterocycles. The fourth-order valence-corrected chi connectivity index (χ4v) is 1.97. The fourth-order valence-electron chi connectivity index (χ4n) is 1.97. The summed E-state index contributed by atoms with van der Waals surface area (Å²) < 4.78 is 0. The van der Waals surface area contributed by atoms with E-state index in [9.17, 15) is 9.59 Å². The molecule has 0 aliphatic carbocycles. The molecule has 0 aliphatic heterocycles. The van der Waals surface area contributed by atoms with Gasteiger partial charge in [-0.1, -0.05) is 19.1 Å². The highest BCUT2D eigenvalue weighted by Crippen LogP contribution is 2.10. The van der Waals surface area contributed by atoms with Gasteiger partial charge in [0.1, 0.15) is 0 Å². The number of hydrogen-bond donors (Lipinski definition) is 2. The third-order valence-corrected chi connectivity index (χ3v) is 3.34. The van der Waals surface area contributed by atoms with Gasteiger partial charge in [-0.05, 0) is 38.0 Å². The van der Waals surface area contributed by atoms with E-state index in [4.69, 9.17) is 5.11 Å². The van der Waals surface area contributed by atoms with Crippen molar-refractivity contribution in [3.8, 4) is 0 Å². The molecule has 0 unspecified atom stereocenters. The number of carboxylic acid groups (broad SMARTS) is 1. The molecule has 0 saturated heterocycles. The van der Waals surface area contributed by atoms with Gasteiger partial charge in [0.05, 0.1) is 13.0 Å². The van der Waals surface area contributed by atoms with Crippen LogP contribution in [0.25, 0.3) is 0 Å². The Kier molecular flexibility index (Phi) is 6.88. The van der Waals surface area contributed by atoms with E-state index in [1.807, 2.05) is 43.0 Å². The smallest absolute Gasteiger partial charge is 0.304 e. The van der Waals surface area contributed by atoms with Crippen molar-refractivity contribution in [2.75, 3.05) is 18.4 Å². The van der Waals surface area contributed by atoms with Crippen molar-refractivity contribution in [1.82, 2.24) is 4.90 Å². The van der Waals surface area contributed by atoms with E-state index in [0.29, 0.717) is 6.54 Å². The number of anilines is 1. The van der Waals surface area contributed by atoms with Gasteiger partial charge in [-0.25, -0.2) is 0 Å². The molecular weight excluding hydrogens is 268 g/mol. The van der Waals surface area contributed by atoms with E-state index in [1.54, 1.807) is 0 Å². The predicted octanol–water partition coefficient (Wildman–Crippen LogP) is 2.37. The Bertz CT molecular complexity index is 469. The molecule has 0 bridgehead atoms. The average molecular weight is 292 g/mol. The van der Waals surface area contributed by atoms with Crippen molar-refractivity contribution < 1.29 is 14.7 Å². The lowest BCUT2D eigenvalue weighted by Crippen LogP contribution is -2.39. The summed E-state index contributed by atoms with van der Waals surface area (Å²) in [5, 5.41) is 11.6. The molecule has 0 aliphatic rings. The van der Waals surface area contributed by atoms with E-state index in [0.717, 1.165) is 12.1 Å². The van der Waals surface area contributed by atoms with Crippen LogP contribution in [0.2, 0.25) is 0 Å². The van der Waals surface area contributed by atoms with E-state index in [1.165, 1.54) is 5.56 Å². The molecule has 5 heteroatoms. The molecule has 1 aromatic rings. The number of nitrogens with one attached hydrogen (secondary N) is 1. The van der Waals surface area contributed by atoms with Crippen molar-refractivity contribution in [2.24, 2.45) is 0 Å². The van der Waals surface area contributed by atoms with Crippen LogP contribution in [0.5, 0.6) is 0 Å². The van der Waals surface area contributed by atoms with E-state index >= 15 is 0 Å². The topological polar surface area (TPSA) is 69.6 Å². The Morgan fingerprint density at radius 2 is 1.86 bits per heavy atom. The molecule has 0 aromatic heterocycles. The zero-order valence-corrected chi connectivity index (χ0v) is 12.9. The highest BCUT2D eigenvalue weighted by Gasteiger charge is 2.15. The van der Waals surface area contributed by atoms with Gasteiger partial charge >= 0.3 is 5.97 Å². The molecule has 1 rings (SSSR count). The van der Waals surface area contributed by atoms with Crippen LogP contribution in [-0.2, 0) is 16.0 Å². The highest BCUT2D eigenvalue weighted by molar-refractivity contribution is 5.92. The first-order valence-corrected chi connectivity index (χ1v) is 7.27. The molecule has 116 valence electrons. The highest BCUT2D eigenvalue weighted by atomic mass is 16.4. The van der Waals surface area contributed by atoms with Gasteiger partial charge in [-0.2, -0.15) is 0 Å². The number of nitrogens with zero attached hydrogens (tertiary/aromatic N) is 1. The van der Waals surface area contributed by atoms with Crippen LogP contribution in [0.3, 0.4) is 0 Å². The molecule has 1 aromatic carbocycles. The van der Waals surface area contributed by atoms with Crippen molar-refractivity contribution in [2.45, 2.75) is 39.7 Å². The Balaban J connectivity index is 2.54. The summed E-state index contributed by atoms with van der Waals surface area (Å²) >= 11 is 0. The van der Waals surface area contributed by atoms with Crippen molar-refractivity contribution in [1.29, 1.82) is 0 Å². The number of carbonyl (C=O) groups excluding carboxylic acids is 1. The largest absolute Gasteiger partial charge is 0.481 e. The number of rotatable bonds is 8. The van der Waals surface area contributed by atoms with E-state index in [-0.39, 0.29) is 24.9 Å². The number of amides is 1. The van der Waals surface area contributed by atoms with Crippen molar-refractivity contribution >= 4 is 17.6 Å². The zero-order chi connectivity index (χ0) is 15.8. The van der Waals surface area contributed by atoms with Crippen LogP contribution in [0.15, 0.2) is 24.3 Å². The van der Waals surface area contributed by atoms with Crippen molar-refractivity contribution in [3.63, 3.8) is 0 Å². The second-order valence-corrected chi connectivity index (χ2v) is 5.31. The number of carboxylic acids is 1. The Hall–Kier alpha value is -1.88. The van der Waals surface area contributed by atoms with E-state index in [2.05, 4.69) is 12.2 Å². The Labute approximate surface area is 126 Å². The number of hydrogen-bond acceptors (Lipinski definition) is 3. The average Bonchev–Trinajstić information content (AvgIpc) is 2.43. The van der Waals surface area contributed by atoms with Gasteiger partial charge in [0.25, 0.3) is 0 Å². The van der Waals surface area contributed by atoms with Gasteiger partial charge in [-0.15, -0.1) is 0 Å². The van der Waals surface area contributed by atoms with Crippen LogP contribution >= 0.6 is 0 Å². The minimum absolute atomic E-state index is 0.0384. The first-order valence-electron chi connectivity index (χ1n) is 7.27. The Morgan fingerprint density at radius 3 is 2.33 bits per heavy atom. The molecule has 0 spiro atoms. The van der Waals surface area contributed by atoms with Crippen LogP contribution in [-0.4, -0.2) is 41.0 Å². The third-order valence-electron chi connectivity index (χ3n) is 3.34. The minimum Gasteiger partial charge on any atom is -0.481 e. The maximum atomic E-state index is 12.0. The first kappa shape index (κ1) is 17.2. The summed E-state index contributed by atoms with van der Waals surface area (Å²) in [6, 6.07) is 7.86. The quantitative estimate of drug-likeness (QED) is 0.772. The second-order valence-electron chi connectivity index (χ2n) is 5.31. The summed E-state index contributed by atoms with van der Waals surface area (Å²) in [5.41, 5.74) is 1.98. The summed E-state index contributed by atoms with van der Waals surface area (Å²) in [7, 11) is 0. The maximum Gasteiger partial charge on any atom is 0.304 e. The lowest BCUT2D eigenvalue weighted by atomic mass is 10.1. The van der Waals surface area contributed by atoms with E-state index < -0.39 is 5.97 Å². The molecular formula is C16H24N2O3. The van der Waals surface area contributed by atoms with Crippen LogP contribution in [0.1, 0.15) is 32.8 Å². The molecule has 0 radical (unpaired) electrons. The summed E-state index contributed by atoms with van der Waals surface area (Å²) in [4.78, 5) is 24.5. The normalized spacial score (nSPS) is 10.9. The third kappa shape index (κ3) is 6.40. The van der Waals surface area contributed by atoms with Gasteiger partial charge in [0.15, 0.2) is 0 Å². The monoisotopic (exact) mass is 292 g/mol. The molecule has 1 amide bonds. The first-order chi connectivity index (χ1) is 9.92.